The molecule has 0 aromatic heterocycles. The van der Waals surface area contributed by atoms with Gasteiger partial charge in [0.05, 0.1) is 5.60 Å². The Kier molecular flexibility index (Phi) is 5.69. The maximum absolute atomic E-state index is 10.1. The van der Waals surface area contributed by atoms with Crippen LogP contribution in [-0.2, 0) is 4.74 Å². The number of aliphatic hydroxyl groups is 1. The number of methoxy groups -OCH3 is 1. The van der Waals surface area contributed by atoms with E-state index in [2.05, 4.69) is 17.3 Å². The number of likely N-dealkylation sites (tertiary alicyclic amines) is 1. The van der Waals surface area contributed by atoms with Crippen molar-refractivity contribution in [3.8, 4) is 0 Å². The van der Waals surface area contributed by atoms with E-state index in [-0.39, 0.29) is 0 Å². The fourth-order valence-electron chi connectivity index (χ4n) is 2.11. The van der Waals surface area contributed by atoms with Crippen LogP contribution in [0.2, 0.25) is 0 Å². The van der Waals surface area contributed by atoms with Crippen LogP contribution in [0.5, 0.6) is 0 Å². The van der Waals surface area contributed by atoms with E-state index >= 15 is 0 Å². The summed E-state index contributed by atoms with van der Waals surface area (Å²) in [5.41, 5.74) is -0.661. The lowest BCUT2D eigenvalue weighted by Crippen LogP contribution is -2.49. The maximum atomic E-state index is 10.1. The first-order chi connectivity index (χ1) is 7.53. The minimum absolute atomic E-state index is 0.521. The Labute approximate surface area is 99.0 Å². The van der Waals surface area contributed by atoms with Gasteiger partial charge >= 0.3 is 0 Å². The molecule has 0 saturated carbocycles. The molecule has 2 unspecified atom stereocenters. The molecule has 1 fully saturated rings. The van der Waals surface area contributed by atoms with Gasteiger partial charge < -0.3 is 20.1 Å². The summed E-state index contributed by atoms with van der Waals surface area (Å²) < 4.78 is 4.99. The molecular weight excluding hydrogens is 204 g/mol. The molecule has 2 atom stereocenters. The second kappa shape index (κ2) is 6.55. The zero-order valence-corrected chi connectivity index (χ0v) is 10.8. The zero-order valence-electron chi connectivity index (χ0n) is 10.8. The molecule has 1 heterocycles. The minimum atomic E-state index is -0.661. The molecule has 0 radical (unpaired) electrons. The van der Waals surface area contributed by atoms with Crippen molar-refractivity contribution in [3.63, 3.8) is 0 Å². The summed E-state index contributed by atoms with van der Waals surface area (Å²) >= 11 is 0. The van der Waals surface area contributed by atoms with Crippen molar-refractivity contribution >= 4 is 0 Å². The number of hydrogen-bond acceptors (Lipinski definition) is 4. The SMILES string of the molecule is COCCC(C)(O)CNC1CCCN(C)C1. The molecule has 2 N–H and O–H groups in total. The van der Waals surface area contributed by atoms with Gasteiger partial charge in [0.25, 0.3) is 0 Å². The summed E-state index contributed by atoms with van der Waals surface area (Å²) in [5.74, 6) is 0. The number of hydrogen-bond donors (Lipinski definition) is 2. The van der Waals surface area contributed by atoms with Crippen molar-refractivity contribution in [3.05, 3.63) is 0 Å². The first-order valence-electron chi connectivity index (χ1n) is 6.17. The number of nitrogens with one attached hydrogen (secondary N) is 1. The first kappa shape index (κ1) is 13.9. The summed E-state index contributed by atoms with van der Waals surface area (Å²) in [6.45, 7) is 5.40. The van der Waals surface area contributed by atoms with Crippen molar-refractivity contribution in [1.29, 1.82) is 0 Å². The van der Waals surface area contributed by atoms with Crippen molar-refractivity contribution < 1.29 is 9.84 Å². The highest BCUT2D eigenvalue weighted by molar-refractivity contribution is 4.81. The van der Waals surface area contributed by atoms with Crippen LogP contribution in [0.25, 0.3) is 0 Å². The largest absolute Gasteiger partial charge is 0.389 e. The zero-order chi connectivity index (χ0) is 12.0. The summed E-state index contributed by atoms with van der Waals surface area (Å²) in [4.78, 5) is 2.34. The molecule has 4 heteroatoms. The van der Waals surface area contributed by atoms with Gasteiger partial charge in [0, 0.05) is 39.3 Å². The molecule has 0 spiro atoms. The van der Waals surface area contributed by atoms with Crippen molar-refractivity contribution in [2.75, 3.05) is 40.4 Å². The molecule has 1 aliphatic heterocycles. The molecule has 0 aromatic rings. The Balaban J connectivity index is 2.21. The Hall–Kier alpha value is -0.160. The third kappa shape index (κ3) is 5.25. The summed E-state index contributed by atoms with van der Waals surface area (Å²) in [5, 5.41) is 13.5. The van der Waals surface area contributed by atoms with Crippen LogP contribution in [0.4, 0.5) is 0 Å². The Bertz CT molecular complexity index is 197. The van der Waals surface area contributed by atoms with E-state index in [4.69, 9.17) is 4.74 Å². The monoisotopic (exact) mass is 230 g/mol. The van der Waals surface area contributed by atoms with Gasteiger partial charge in [-0.15, -0.1) is 0 Å². The molecule has 0 amide bonds. The predicted octanol–water partition coefficient (Wildman–Crippen LogP) is 0.458. The van der Waals surface area contributed by atoms with Crippen LogP contribution in [0.1, 0.15) is 26.2 Å². The van der Waals surface area contributed by atoms with Gasteiger partial charge in [-0.2, -0.15) is 0 Å². The Morgan fingerprint density at radius 3 is 2.94 bits per heavy atom. The molecule has 0 aliphatic carbocycles. The highest BCUT2D eigenvalue weighted by Crippen LogP contribution is 2.11. The van der Waals surface area contributed by atoms with E-state index < -0.39 is 5.60 Å². The second-order valence-corrected chi connectivity index (χ2v) is 5.22. The summed E-state index contributed by atoms with van der Waals surface area (Å²) in [7, 11) is 3.82. The van der Waals surface area contributed by atoms with Crippen LogP contribution in [0, 0.1) is 0 Å². The lowest BCUT2D eigenvalue weighted by atomic mass is 10.0. The van der Waals surface area contributed by atoms with Crippen LogP contribution in [-0.4, -0.2) is 62.0 Å². The number of likely N-dealkylation sites (N-methyl/N-ethyl adjacent to an activating group) is 1. The quantitative estimate of drug-likeness (QED) is 0.696. The summed E-state index contributed by atoms with van der Waals surface area (Å²) in [6, 6.07) is 0.521. The smallest absolute Gasteiger partial charge is 0.0765 e. The molecule has 16 heavy (non-hydrogen) atoms. The van der Waals surface area contributed by atoms with Crippen LogP contribution < -0.4 is 5.32 Å². The molecule has 0 bridgehead atoms. The van der Waals surface area contributed by atoms with Gasteiger partial charge in [0.2, 0.25) is 0 Å². The van der Waals surface area contributed by atoms with Gasteiger partial charge in [-0.3, -0.25) is 0 Å². The topological polar surface area (TPSA) is 44.7 Å². The van der Waals surface area contributed by atoms with Gasteiger partial charge in [0.15, 0.2) is 0 Å². The molecular formula is C12H26N2O2. The van der Waals surface area contributed by atoms with E-state index in [1.54, 1.807) is 7.11 Å². The maximum Gasteiger partial charge on any atom is 0.0765 e. The van der Waals surface area contributed by atoms with Crippen LogP contribution in [0.15, 0.2) is 0 Å². The molecule has 1 rings (SSSR count). The van der Waals surface area contributed by atoms with Crippen molar-refractivity contribution in [1.82, 2.24) is 10.2 Å². The van der Waals surface area contributed by atoms with Gasteiger partial charge in [0.1, 0.15) is 0 Å². The van der Waals surface area contributed by atoms with E-state index in [9.17, 15) is 5.11 Å². The van der Waals surface area contributed by atoms with E-state index in [1.807, 2.05) is 6.92 Å². The first-order valence-corrected chi connectivity index (χ1v) is 6.17. The third-order valence-electron chi connectivity index (χ3n) is 3.24. The van der Waals surface area contributed by atoms with Crippen molar-refractivity contribution in [2.45, 2.75) is 37.8 Å². The van der Waals surface area contributed by atoms with Crippen LogP contribution >= 0.6 is 0 Å². The van der Waals surface area contributed by atoms with E-state index in [0.29, 0.717) is 25.6 Å². The third-order valence-corrected chi connectivity index (χ3v) is 3.24. The number of piperidine rings is 1. The number of ether oxygens (including phenoxy) is 1. The predicted molar refractivity (Wildman–Crippen MR) is 65.6 cm³/mol. The lowest BCUT2D eigenvalue weighted by molar-refractivity contribution is 0.0206. The van der Waals surface area contributed by atoms with Gasteiger partial charge in [-0.25, -0.2) is 0 Å². The molecule has 96 valence electrons. The fourth-order valence-corrected chi connectivity index (χ4v) is 2.11. The lowest BCUT2D eigenvalue weighted by Gasteiger charge is -2.33. The highest BCUT2D eigenvalue weighted by Gasteiger charge is 2.23. The number of rotatable bonds is 6. The average Bonchev–Trinajstić information content (AvgIpc) is 2.24. The minimum Gasteiger partial charge on any atom is -0.389 e. The Morgan fingerprint density at radius 2 is 2.31 bits per heavy atom. The summed E-state index contributed by atoms with van der Waals surface area (Å²) in [6.07, 6.45) is 3.14. The Morgan fingerprint density at radius 1 is 1.56 bits per heavy atom. The van der Waals surface area contributed by atoms with Gasteiger partial charge in [-0.1, -0.05) is 0 Å². The molecule has 1 aliphatic rings. The normalized spacial score (nSPS) is 26.6. The fraction of sp³-hybridized carbons (Fsp3) is 1.00. The van der Waals surface area contributed by atoms with E-state index in [1.165, 1.54) is 19.4 Å². The molecule has 0 aromatic carbocycles. The standard InChI is InChI=1S/C12H26N2O2/c1-12(15,6-8-16-3)10-13-11-5-4-7-14(2)9-11/h11,13,15H,4-10H2,1-3H3. The average molecular weight is 230 g/mol. The highest BCUT2D eigenvalue weighted by atomic mass is 16.5. The molecule has 4 nitrogen and oxygen atoms in total. The second-order valence-electron chi connectivity index (χ2n) is 5.22. The molecule has 1 saturated heterocycles. The van der Waals surface area contributed by atoms with Crippen molar-refractivity contribution in [2.24, 2.45) is 0 Å². The number of nitrogens with zero attached hydrogens (tertiary/aromatic N) is 1. The van der Waals surface area contributed by atoms with E-state index in [0.717, 1.165) is 6.54 Å². The van der Waals surface area contributed by atoms with Crippen LogP contribution in [0.3, 0.4) is 0 Å². The van der Waals surface area contributed by atoms with Gasteiger partial charge in [-0.05, 0) is 33.4 Å².